The van der Waals surface area contributed by atoms with Gasteiger partial charge in [-0.05, 0) is 24.8 Å². The van der Waals surface area contributed by atoms with Crippen LogP contribution in [0.5, 0.6) is 0 Å². The predicted molar refractivity (Wildman–Crippen MR) is 68.8 cm³/mol. The van der Waals surface area contributed by atoms with E-state index in [2.05, 4.69) is 41.2 Å². The molecule has 2 unspecified atom stereocenters. The van der Waals surface area contributed by atoms with Gasteiger partial charge in [-0.1, -0.05) is 43.7 Å². The lowest BCUT2D eigenvalue weighted by atomic mass is 9.91. The number of hydrogen-bond acceptors (Lipinski definition) is 3. The van der Waals surface area contributed by atoms with Crippen LogP contribution in [0.3, 0.4) is 0 Å². The molecule has 1 rings (SSSR count). The van der Waals surface area contributed by atoms with E-state index >= 15 is 0 Å². The van der Waals surface area contributed by atoms with Crippen molar-refractivity contribution in [3.05, 3.63) is 35.9 Å². The summed E-state index contributed by atoms with van der Waals surface area (Å²) in [5.74, 6) is 0.474. The molecule has 0 spiro atoms. The molecule has 0 aliphatic rings. The van der Waals surface area contributed by atoms with Crippen LogP contribution in [0, 0.1) is 11.4 Å². The zero-order chi connectivity index (χ0) is 13.1. The lowest BCUT2D eigenvalue weighted by Crippen LogP contribution is -2.17. The Morgan fingerprint density at radius 3 is 2.35 bits per heavy atom. The Bertz CT molecular complexity index is 334. The molecular formula is C13H22N3O+. The van der Waals surface area contributed by atoms with Crippen molar-refractivity contribution in [2.75, 3.05) is 7.11 Å². The van der Waals surface area contributed by atoms with E-state index in [1.807, 2.05) is 13.0 Å². The van der Waals surface area contributed by atoms with Crippen LogP contribution in [-0.4, -0.2) is 18.3 Å². The van der Waals surface area contributed by atoms with Crippen LogP contribution < -0.4 is 4.91 Å². The molecule has 1 aromatic carbocycles. The molecule has 1 aromatic rings. The molecule has 2 atom stereocenters. The molecule has 0 heterocycles. The maximum absolute atomic E-state index is 7.00. The van der Waals surface area contributed by atoms with E-state index in [0.29, 0.717) is 5.92 Å². The lowest BCUT2D eigenvalue weighted by Gasteiger charge is -2.14. The second kappa shape index (κ2) is 9.70. The van der Waals surface area contributed by atoms with Gasteiger partial charge in [0.05, 0.1) is 0 Å². The molecule has 0 bridgehead atoms. The summed E-state index contributed by atoms with van der Waals surface area (Å²) in [5, 5.41) is 10.9. The van der Waals surface area contributed by atoms with Crippen molar-refractivity contribution in [1.29, 1.82) is 5.53 Å². The minimum atomic E-state index is 0.132. The third-order valence-electron chi connectivity index (χ3n) is 2.79. The van der Waals surface area contributed by atoms with E-state index in [9.17, 15) is 0 Å². The van der Waals surface area contributed by atoms with E-state index in [-0.39, 0.29) is 6.04 Å². The highest BCUT2D eigenvalue weighted by molar-refractivity contribution is 5.15. The monoisotopic (exact) mass is 236 g/mol. The number of nitrogens with one attached hydrogen (secondary N) is 1. The molecule has 0 saturated carbocycles. The molecule has 0 saturated heterocycles. The molecule has 0 amide bonds. The number of benzene rings is 1. The van der Waals surface area contributed by atoms with Gasteiger partial charge in [0.15, 0.2) is 0 Å². The fraction of sp³-hybridized carbons (Fsp3) is 0.538. The lowest BCUT2D eigenvalue weighted by molar-refractivity contribution is 0.399. The number of aliphatic hydroxyl groups excluding tert-OH is 1. The largest absolute Gasteiger partial charge is 0.400 e. The first-order chi connectivity index (χ1) is 8.27. The Kier molecular flexibility index (Phi) is 8.84. The zero-order valence-electron chi connectivity index (χ0n) is 10.8. The van der Waals surface area contributed by atoms with Crippen molar-refractivity contribution < 1.29 is 5.11 Å². The Balaban J connectivity index is 0.00000121. The number of rotatable bonds is 5. The van der Waals surface area contributed by atoms with Crippen LogP contribution in [-0.2, 0) is 6.42 Å². The first-order valence-electron chi connectivity index (χ1n) is 5.83. The molecule has 0 radical (unpaired) electrons. The van der Waals surface area contributed by atoms with Crippen LogP contribution in [0.4, 0.5) is 0 Å². The van der Waals surface area contributed by atoms with Crippen LogP contribution in [0.15, 0.2) is 35.4 Å². The van der Waals surface area contributed by atoms with Gasteiger partial charge in [0, 0.05) is 7.11 Å². The Morgan fingerprint density at radius 1 is 1.29 bits per heavy atom. The molecule has 0 fully saturated rings. The van der Waals surface area contributed by atoms with Crippen LogP contribution in [0.1, 0.15) is 25.8 Å². The highest BCUT2D eigenvalue weighted by Gasteiger charge is 2.18. The van der Waals surface area contributed by atoms with Gasteiger partial charge in [0.1, 0.15) is 16.7 Å². The van der Waals surface area contributed by atoms with E-state index in [4.69, 9.17) is 10.6 Å². The van der Waals surface area contributed by atoms with E-state index in [0.717, 1.165) is 20.0 Å². The molecule has 94 valence electrons. The standard InChI is InChI=1S/C12H18N3.CH4O/c1-3-12(10(2)14-15-13)9-11-7-5-4-6-8-11;1-2/h4-8,10,12-13H,3,9H2,1-2H3;2H,1H3/q+1;. The molecule has 0 aliphatic heterocycles. The van der Waals surface area contributed by atoms with Crippen molar-refractivity contribution in [3.8, 4) is 0 Å². The van der Waals surface area contributed by atoms with Crippen molar-refractivity contribution in [2.24, 2.45) is 11.0 Å². The number of aliphatic hydroxyl groups is 1. The quantitative estimate of drug-likeness (QED) is 0.599. The summed E-state index contributed by atoms with van der Waals surface area (Å²) in [6, 6.07) is 10.5. The van der Waals surface area contributed by atoms with Gasteiger partial charge in [0.2, 0.25) is 4.91 Å². The minimum absolute atomic E-state index is 0.132. The van der Waals surface area contributed by atoms with Gasteiger partial charge in [-0.3, -0.25) is 0 Å². The summed E-state index contributed by atoms with van der Waals surface area (Å²) in [7, 11) is 1.00. The first kappa shape index (κ1) is 15.5. The average Bonchev–Trinajstić information content (AvgIpc) is 2.39. The molecule has 2 N–H and O–H groups in total. The third kappa shape index (κ3) is 5.95. The SMILES string of the molecule is CCC(Cc1ccccc1)C(C)N=[N+]=N.CO. The summed E-state index contributed by atoms with van der Waals surface area (Å²) in [4.78, 5) is 3.12. The van der Waals surface area contributed by atoms with Crippen LogP contribution in [0.25, 0.3) is 0 Å². The summed E-state index contributed by atoms with van der Waals surface area (Å²) < 4.78 is 0. The zero-order valence-corrected chi connectivity index (χ0v) is 10.8. The van der Waals surface area contributed by atoms with Gasteiger partial charge >= 0.3 is 0 Å². The summed E-state index contributed by atoms with van der Waals surface area (Å²) in [5.41, 5.74) is 8.07. The van der Waals surface area contributed by atoms with E-state index in [1.165, 1.54) is 5.56 Å². The minimum Gasteiger partial charge on any atom is -0.400 e. The van der Waals surface area contributed by atoms with Gasteiger partial charge in [-0.2, -0.15) is 0 Å². The molecular weight excluding hydrogens is 214 g/mol. The van der Waals surface area contributed by atoms with Crippen LogP contribution in [0.2, 0.25) is 0 Å². The number of hydrogen-bond donors (Lipinski definition) is 2. The third-order valence-corrected chi connectivity index (χ3v) is 2.79. The van der Waals surface area contributed by atoms with Gasteiger partial charge in [-0.15, -0.1) is 0 Å². The second-order valence-electron chi connectivity index (χ2n) is 3.81. The van der Waals surface area contributed by atoms with Crippen molar-refractivity contribution >= 4 is 0 Å². The van der Waals surface area contributed by atoms with E-state index in [1.54, 1.807) is 0 Å². The van der Waals surface area contributed by atoms with Crippen molar-refractivity contribution in [2.45, 2.75) is 32.7 Å². The predicted octanol–water partition coefficient (Wildman–Crippen LogP) is 2.80. The van der Waals surface area contributed by atoms with Crippen molar-refractivity contribution in [3.63, 3.8) is 0 Å². The fourth-order valence-electron chi connectivity index (χ4n) is 1.76. The smallest absolute Gasteiger partial charge is 0.214 e. The molecule has 0 aliphatic carbocycles. The first-order valence-corrected chi connectivity index (χ1v) is 5.83. The molecule has 4 nitrogen and oxygen atoms in total. The van der Waals surface area contributed by atoms with E-state index < -0.39 is 0 Å². The number of nitrogens with zero attached hydrogens (tertiary/aromatic N) is 2. The highest BCUT2D eigenvalue weighted by Crippen LogP contribution is 2.17. The Morgan fingerprint density at radius 2 is 1.88 bits per heavy atom. The van der Waals surface area contributed by atoms with Crippen molar-refractivity contribution in [1.82, 2.24) is 4.91 Å². The topological polar surface area (TPSA) is 70.5 Å². The summed E-state index contributed by atoms with van der Waals surface area (Å²) in [6.45, 7) is 4.18. The summed E-state index contributed by atoms with van der Waals surface area (Å²) >= 11 is 0. The fourth-order valence-corrected chi connectivity index (χ4v) is 1.76. The van der Waals surface area contributed by atoms with Gasteiger partial charge in [-0.25, -0.2) is 0 Å². The second-order valence-corrected chi connectivity index (χ2v) is 3.81. The Hall–Kier alpha value is -1.51. The maximum atomic E-state index is 7.00. The van der Waals surface area contributed by atoms with Gasteiger partial charge in [0.25, 0.3) is 0 Å². The maximum Gasteiger partial charge on any atom is 0.214 e. The molecule has 17 heavy (non-hydrogen) atoms. The average molecular weight is 236 g/mol. The highest BCUT2D eigenvalue weighted by atomic mass is 16.2. The van der Waals surface area contributed by atoms with Crippen LogP contribution >= 0.6 is 0 Å². The summed E-state index contributed by atoms with van der Waals surface area (Å²) in [6.07, 6.45) is 2.08. The molecule has 0 aromatic heterocycles. The normalized spacial score (nSPS) is 12.7. The Labute approximate surface area is 103 Å². The van der Waals surface area contributed by atoms with Gasteiger partial charge < -0.3 is 5.11 Å². The molecule has 4 heteroatoms.